The summed E-state index contributed by atoms with van der Waals surface area (Å²) >= 11 is 0. The van der Waals surface area contributed by atoms with E-state index >= 15 is 0 Å². The first-order valence-electron chi connectivity index (χ1n) is 6.89. The molecule has 1 saturated carbocycles. The summed E-state index contributed by atoms with van der Waals surface area (Å²) in [4.78, 5) is 26.2. The summed E-state index contributed by atoms with van der Waals surface area (Å²) in [5, 5.41) is 2.98. The Morgan fingerprint density at radius 2 is 2.06 bits per heavy atom. The second-order valence-electron chi connectivity index (χ2n) is 5.24. The van der Waals surface area contributed by atoms with Crippen molar-refractivity contribution in [1.82, 2.24) is 10.2 Å². The lowest BCUT2D eigenvalue weighted by Crippen LogP contribution is -2.55. The SMILES string of the molecule is C/C=C/CCN1CCC(=O)NC2(CCCC2)C1=O. The first-order valence-corrected chi connectivity index (χ1v) is 6.89. The highest BCUT2D eigenvalue weighted by Crippen LogP contribution is 2.32. The fourth-order valence-corrected chi connectivity index (χ4v) is 2.95. The van der Waals surface area contributed by atoms with E-state index in [2.05, 4.69) is 11.4 Å². The van der Waals surface area contributed by atoms with Crippen molar-refractivity contribution in [3.8, 4) is 0 Å². The highest BCUT2D eigenvalue weighted by molar-refractivity contribution is 5.93. The molecule has 0 atom stereocenters. The zero-order chi connectivity index (χ0) is 13.0. The van der Waals surface area contributed by atoms with Crippen molar-refractivity contribution in [3.63, 3.8) is 0 Å². The molecule has 1 heterocycles. The predicted octanol–water partition coefficient (Wildman–Crippen LogP) is 1.61. The van der Waals surface area contributed by atoms with E-state index in [0.717, 1.165) is 38.6 Å². The molecule has 100 valence electrons. The highest BCUT2D eigenvalue weighted by Gasteiger charge is 2.46. The first-order chi connectivity index (χ1) is 8.68. The number of nitrogens with one attached hydrogen (secondary N) is 1. The zero-order valence-corrected chi connectivity index (χ0v) is 11.1. The van der Waals surface area contributed by atoms with Crippen molar-refractivity contribution >= 4 is 11.8 Å². The van der Waals surface area contributed by atoms with Gasteiger partial charge in [0.15, 0.2) is 0 Å². The van der Waals surface area contributed by atoms with E-state index in [1.54, 1.807) is 0 Å². The third kappa shape index (κ3) is 2.57. The van der Waals surface area contributed by atoms with Gasteiger partial charge in [-0.15, -0.1) is 0 Å². The van der Waals surface area contributed by atoms with Crippen molar-refractivity contribution in [2.45, 2.75) is 51.0 Å². The summed E-state index contributed by atoms with van der Waals surface area (Å²) in [6.07, 6.45) is 9.04. The fourth-order valence-electron chi connectivity index (χ4n) is 2.95. The Kier molecular flexibility index (Phi) is 4.04. The number of hydrogen-bond acceptors (Lipinski definition) is 2. The molecule has 0 aromatic rings. The van der Waals surface area contributed by atoms with Crippen LogP contribution >= 0.6 is 0 Å². The van der Waals surface area contributed by atoms with Crippen molar-refractivity contribution in [1.29, 1.82) is 0 Å². The molecule has 0 aromatic heterocycles. The van der Waals surface area contributed by atoms with Crippen LogP contribution in [0.2, 0.25) is 0 Å². The van der Waals surface area contributed by atoms with Gasteiger partial charge in [0, 0.05) is 19.5 Å². The lowest BCUT2D eigenvalue weighted by atomic mass is 9.96. The number of carbonyl (C=O) groups excluding carboxylic acids is 2. The number of allylic oxidation sites excluding steroid dienone is 1. The molecular weight excluding hydrogens is 228 g/mol. The Labute approximate surface area is 108 Å². The topological polar surface area (TPSA) is 49.4 Å². The van der Waals surface area contributed by atoms with Gasteiger partial charge in [0.2, 0.25) is 11.8 Å². The molecule has 0 unspecified atom stereocenters. The predicted molar refractivity (Wildman–Crippen MR) is 70.0 cm³/mol. The first kappa shape index (κ1) is 13.1. The van der Waals surface area contributed by atoms with Gasteiger partial charge in [-0.3, -0.25) is 9.59 Å². The lowest BCUT2D eigenvalue weighted by molar-refractivity contribution is -0.138. The number of carbonyl (C=O) groups is 2. The minimum Gasteiger partial charge on any atom is -0.342 e. The summed E-state index contributed by atoms with van der Waals surface area (Å²) < 4.78 is 0. The number of amides is 2. The molecule has 2 rings (SSSR count). The zero-order valence-electron chi connectivity index (χ0n) is 11.1. The van der Waals surface area contributed by atoms with Gasteiger partial charge >= 0.3 is 0 Å². The van der Waals surface area contributed by atoms with Gasteiger partial charge in [-0.1, -0.05) is 25.0 Å². The molecule has 0 radical (unpaired) electrons. The maximum Gasteiger partial charge on any atom is 0.248 e. The minimum absolute atomic E-state index is 0.0267. The number of rotatable bonds is 3. The molecule has 1 aliphatic carbocycles. The maximum atomic E-state index is 12.6. The molecule has 4 heteroatoms. The maximum absolute atomic E-state index is 12.6. The Balaban J connectivity index is 2.10. The van der Waals surface area contributed by atoms with E-state index in [9.17, 15) is 9.59 Å². The van der Waals surface area contributed by atoms with E-state index in [1.165, 1.54) is 0 Å². The summed E-state index contributed by atoms with van der Waals surface area (Å²) in [5.74, 6) is 0.161. The number of hydrogen-bond donors (Lipinski definition) is 1. The van der Waals surface area contributed by atoms with E-state index in [-0.39, 0.29) is 11.8 Å². The highest BCUT2D eigenvalue weighted by atomic mass is 16.2. The minimum atomic E-state index is -0.580. The summed E-state index contributed by atoms with van der Waals surface area (Å²) in [6, 6.07) is 0. The standard InChI is InChI=1S/C14H22N2O2/c1-2-3-6-10-16-11-7-12(17)15-14(13(16)18)8-4-5-9-14/h2-3H,4-11H2,1H3,(H,15,17)/b3-2+. The molecule has 0 aromatic carbocycles. The van der Waals surface area contributed by atoms with Crippen LogP contribution in [0.5, 0.6) is 0 Å². The molecule has 2 fully saturated rings. The van der Waals surface area contributed by atoms with Crippen LogP contribution in [0.3, 0.4) is 0 Å². The van der Waals surface area contributed by atoms with Crippen molar-refractivity contribution in [2.75, 3.05) is 13.1 Å². The summed E-state index contributed by atoms with van der Waals surface area (Å²) in [7, 11) is 0. The molecule has 4 nitrogen and oxygen atoms in total. The Morgan fingerprint density at radius 3 is 2.72 bits per heavy atom. The molecular formula is C14H22N2O2. The van der Waals surface area contributed by atoms with Crippen LogP contribution in [0.15, 0.2) is 12.2 Å². The monoisotopic (exact) mass is 250 g/mol. The van der Waals surface area contributed by atoms with Gasteiger partial charge in [-0.25, -0.2) is 0 Å². The summed E-state index contributed by atoms with van der Waals surface area (Å²) in [6.45, 7) is 3.26. The van der Waals surface area contributed by atoms with E-state index < -0.39 is 5.54 Å². The quantitative estimate of drug-likeness (QED) is 0.774. The van der Waals surface area contributed by atoms with Crippen LogP contribution in [-0.4, -0.2) is 35.3 Å². The molecule has 2 aliphatic rings. The molecule has 0 bridgehead atoms. The van der Waals surface area contributed by atoms with Gasteiger partial charge in [-0.2, -0.15) is 0 Å². The fraction of sp³-hybridized carbons (Fsp3) is 0.714. The molecule has 1 spiro atoms. The van der Waals surface area contributed by atoms with Crippen molar-refractivity contribution in [2.24, 2.45) is 0 Å². The number of nitrogens with zero attached hydrogens (tertiary/aromatic N) is 1. The van der Waals surface area contributed by atoms with E-state index in [4.69, 9.17) is 0 Å². The third-order valence-electron chi connectivity index (χ3n) is 3.94. The second kappa shape index (κ2) is 5.55. The van der Waals surface area contributed by atoms with Gasteiger partial charge in [0.25, 0.3) is 0 Å². The Bertz CT molecular complexity index is 357. The Hall–Kier alpha value is -1.32. The van der Waals surface area contributed by atoms with Gasteiger partial charge in [0.05, 0.1) is 0 Å². The van der Waals surface area contributed by atoms with Crippen LogP contribution in [0.25, 0.3) is 0 Å². The Morgan fingerprint density at radius 1 is 1.33 bits per heavy atom. The van der Waals surface area contributed by atoms with Gasteiger partial charge in [0.1, 0.15) is 5.54 Å². The van der Waals surface area contributed by atoms with E-state index in [1.807, 2.05) is 17.9 Å². The second-order valence-corrected chi connectivity index (χ2v) is 5.24. The molecule has 1 N–H and O–H groups in total. The summed E-state index contributed by atoms with van der Waals surface area (Å²) in [5.41, 5.74) is -0.580. The van der Waals surface area contributed by atoms with Gasteiger partial charge < -0.3 is 10.2 Å². The van der Waals surface area contributed by atoms with Crippen molar-refractivity contribution in [3.05, 3.63) is 12.2 Å². The molecule has 18 heavy (non-hydrogen) atoms. The molecule has 1 aliphatic heterocycles. The van der Waals surface area contributed by atoms with Crippen LogP contribution in [0.1, 0.15) is 45.4 Å². The molecule has 2 amide bonds. The van der Waals surface area contributed by atoms with Crippen LogP contribution in [-0.2, 0) is 9.59 Å². The smallest absolute Gasteiger partial charge is 0.248 e. The lowest BCUT2D eigenvalue weighted by Gasteiger charge is -2.31. The average molecular weight is 250 g/mol. The third-order valence-corrected chi connectivity index (χ3v) is 3.94. The normalized spacial score (nSPS) is 23.7. The van der Waals surface area contributed by atoms with Crippen molar-refractivity contribution < 1.29 is 9.59 Å². The van der Waals surface area contributed by atoms with Crippen LogP contribution in [0, 0.1) is 0 Å². The van der Waals surface area contributed by atoms with E-state index in [0.29, 0.717) is 13.0 Å². The van der Waals surface area contributed by atoms with Crippen LogP contribution in [0.4, 0.5) is 0 Å². The largest absolute Gasteiger partial charge is 0.342 e. The molecule has 1 saturated heterocycles. The van der Waals surface area contributed by atoms with Crippen LogP contribution < -0.4 is 5.32 Å². The van der Waals surface area contributed by atoms with Gasteiger partial charge in [-0.05, 0) is 26.2 Å². The average Bonchev–Trinajstić information content (AvgIpc) is 2.78.